The second kappa shape index (κ2) is 16.4. The van der Waals surface area contributed by atoms with Crippen molar-refractivity contribution in [3.63, 3.8) is 0 Å². The number of nitrogens with one attached hydrogen (secondary N) is 1. The van der Waals surface area contributed by atoms with E-state index in [0.29, 0.717) is 23.3 Å². The monoisotopic (exact) mass is 759 g/mol. The molecule has 0 aliphatic carbocycles. The van der Waals surface area contributed by atoms with Gasteiger partial charge in [0.1, 0.15) is 17.7 Å². The van der Waals surface area contributed by atoms with Crippen molar-refractivity contribution in [2.75, 3.05) is 27.2 Å². The Morgan fingerprint density at radius 1 is 0.906 bits per heavy atom. The summed E-state index contributed by atoms with van der Waals surface area (Å²) in [7, 11) is 3.25. The fourth-order valence-electron chi connectivity index (χ4n) is 6.60. The lowest BCUT2D eigenvalue weighted by Crippen LogP contribution is -2.50. The molecule has 3 rings (SSSR count). The maximum absolute atomic E-state index is 16.9. The molecule has 3 aromatic rings. The van der Waals surface area contributed by atoms with Gasteiger partial charge in [-0.25, -0.2) is 8.78 Å². The second-order valence-corrected chi connectivity index (χ2v) is 14.2. The number of amides is 1. The van der Waals surface area contributed by atoms with Gasteiger partial charge in [0.25, 0.3) is 5.56 Å². The number of ether oxygens (including phenoxy) is 1. The number of halogens is 8. The minimum Gasteiger partial charge on any atom is -0.466 e. The van der Waals surface area contributed by atoms with Crippen molar-refractivity contribution in [3.8, 4) is 11.1 Å². The fraction of sp³-hybridized carbons (Fsp3) is 0.500. The average molecular weight is 760 g/mol. The van der Waals surface area contributed by atoms with E-state index < -0.39 is 87.6 Å². The highest BCUT2D eigenvalue weighted by atomic mass is 19.4. The molecule has 2 atom stereocenters. The molecule has 2 aromatic carbocycles. The number of pyridine rings is 1. The van der Waals surface area contributed by atoms with E-state index in [4.69, 9.17) is 4.74 Å². The fourth-order valence-corrected chi connectivity index (χ4v) is 6.60. The molecule has 0 fully saturated rings. The minimum atomic E-state index is -5.36. The summed E-state index contributed by atoms with van der Waals surface area (Å²) >= 11 is 0. The number of nitrogens with zero attached hydrogens (tertiary/aromatic N) is 2. The lowest BCUT2D eigenvalue weighted by Gasteiger charge is -2.35. The average Bonchev–Trinajstić information content (AvgIpc) is 2.98. The van der Waals surface area contributed by atoms with E-state index in [1.165, 1.54) is 20.8 Å². The molecule has 7 nitrogen and oxygen atoms in total. The van der Waals surface area contributed by atoms with Gasteiger partial charge in [-0.15, -0.1) is 0 Å². The predicted molar refractivity (Wildman–Crippen MR) is 184 cm³/mol. The predicted octanol–water partition coefficient (Wildman–Crippen LogP) is 8.43. The lowest BCUT2D eigenvalue weighted by molar-refractivity contribution is -0.145. The van der Waals surface area contributed by atoms with Crippen molar-refractivity contribution in [2.45, 2.75) is 91.7 Å². The maximum atomic E-state index is 16.9. The Kier molecular flexibility index (Phi) is 13.3. The number of rotatable bonds is 13. The van der Waals surface area contributed by atoms with Crippen LogP contribution < -0.4 is 10.9 Å². The van der Waals surface area contributed by atoms with E-state index in [-0.39, 0.29) is 37.1 Å². The van der Waals surface area contributed by atoms with Gasteiger partial charge in [-0.3, -0.25) is 14.4 Å². The van der Waals surface area contributed by atoms with Gasteiger partial charge in [-0.05, 0) is 95.8 Å². The summed E-state index contributed by atoms with van der Waals surface area (Å²) in [4.78, 5) is 42.2. The molecule has 53 heavy (non-hydrogen) atoms. The van der Waals surface area contributed by atoms with Crippen molar-refractivity contribution in [2.24, 2.45) is 5.92 Å². The lowest BCUT2D eigenvalue weighted by atomic mass is 9.82. The van der Waals surface area contributed by atoms with Crippen LogP contribution in [0.25, 0.3) is 11.1 Å². The third kappa shape index (κ3) is 10.0. The third-order valence-electron chi connectivity index (χ3n) is 8.84. The van der Waals surface area contributed by atoms with Crippen molar-refractivity contribution >= 4 is 11.9 Å². The van der Waals surface area contributed by atoms with Crippen LogP contribution >= 0.6 is 0 Å². The Bertz CT molecular complexity index is 1880. The van der Waals surface area contributed by atoms with E-state index in [1.807, 2.05) is 0 Å². The first kappa shape index (κ1) is 43.1. The van der Waals surface area contributed by atoms with Gasteiger partial charge in [0.05, 0.1) is 35.3 Å². The number of aryl methyl sites for hydroxylation is 3. The van der Waals surface area contributed by atoms with Gasteiger partial charge < -0.3 is 19.5 Å². The number of alkyl halides is 6. The molecule has 1 N–H and O–H groups in total. The molecule has 1 heterocycles. The Morgan fingerprint density at radius 2 is 1.47 bits per heavy atom. The molecule has 1 aromatic heterocycles. The summed E-state index contributed by atoms with van der Waals surface area (Å²) in [5.74, 6) is -6.30. The largest absolute Gasteiger partial charge is 0.466 e. The number of likely N-dealkylation sites (N-methyl/N-ethyl adjacent to an activating group) is 1. The zero-order valence-electron chi connectivity index (χ0n) is 31.1. The summed E-state index contributed by atoms with van der Waals surface area (Å²) in [6, 6.07) is 2.27. The molecule has 0 saturated carbocycles. The van der Waals surface area contributed by atoms with Gasteiger partial charge in [0, 0.05) is 24.4 Å². The first-order valence-corrected chi connectivity index (χ1v) is 16.9. The third-order valence-corrected chi connectivity index (χ3v) is 8.84. The molecule has 0 radical (unpaired) electrons. The number of aromatic nitrogens is 1. The van der Waals surface area contributed by atoms with Gasteiger partial charge in [-0.2, -0.15) is 26.3 Å². The highest BCUT2D eigenvalue weighted by Crippen LogP contribution is 2.44. The van der Waals surface area contributed by atoms with E-state index >= 15 is 8.78 Å². The molecular weight excluding hydrogens is 714 g/mol. The molecule has 1 unspecified atom stereocenters. The van der Waals surface area contributed by atoms with Gasteiger partial charge in [0.2, 0.25) is 5.91 Å². The highest BCUT2D eigenvalue weighted by molar-refractivity contribution is 5.83. The minimum absolute atomic E-state index is 0.0314. The summed E-state index contributed by atoms with van der Waals surface area (Å²) < 4.78 is 125. The number of esters is 1. The molecule has 15 heteroatoms. The van der Waals surface area contributed by atoms with Crippen LogP contribution in [0.2, 0.25) is 0 Å². The van der Waals surface area contributed by atoms with Crippen LogP contribution in [0.4, 0.5) is 35.1 Å². The SMILES string of the molecule is CCOC(=O)C[C@@](C)(NC(=O)C(CC(C)C)n1cc(CCN(C)C)c(C(F)(F)F)cc1=O)c1c(F)c(-c2c(C)cc(C)cc2C)cc(C(F)(F)F)c1F. The van der Waals surface area contributed by atoms with Crippen LogP contribution in [0.15, 0.2) is 35.3 Å². The zero-order valence-corrected chi connectivity index (χ0v) is 31.1. The maximum Gasteiger partial charge on any atom is 0.419 e. The molecular formula is C38H45F8N3O4. The van der Waals surface area contributed by atoms with Crippen LogP contribution in [0.1, 0.15) is 85.5 Å². The van der Waals surface area contributed by atoms with Crippen LogP contribution in [0.5, 0.6) is 0 Å². The molecule has 0 aliphatic rings. The van der Waals surface area contributed by atoms with E-state index in [0.717, 1.165) is 23.3 Å². The number of carbonyl (C=O) groups excluding carboxylic acids is 2. The van der Waals surface area contributed by atoms with Gasteiger partial charge >= 0.3 is 18.3 Å². The molecule has 0 bridgehead atoms. The molecule has 0 saturated heterocycles. The van der Waals surface area contributed by atoms with E-state index in [2.05, 4.69) is 5.32 Å². The van der Waals surface area contributed by atoms with Gasteiger partial charge in [0.15, 0.2) is 0 Å². The van der Waals surface area contributed by atoms with Crippen molar-refractivity contribution < 1.29 is 49.4 Å². The number of benzene rings is 2. The van der Waals surface area contributed by atoms with Crippen molar-refractivity contribution in [3.05, 3.63) is 91.4 Å². The Labute approximate surface area is 303 Å². The zero-order chi connectivity index (χ0) is 40.4. The second-order valence-electron chi connectivity index (χ2n) is 14.2. The number of carbonyl (C=O) groups is 2. The summed E-state index contributed by atoms with van der Waals surface area (Å²) in [5, 5.41) is 2.34. The smallest absolute Gasteiger partial charge is 0.419 e. The first-order valence-electron chi connectivity index (χ1n) is 16.9. The standard InChI is InChI=1S/C38H45F8N3O4/c1-10-53-30(51)18-36(7,32-33(39)25(16-27(34(32)40)38(44,45)46)31-22(5)14-21(4)15-23(31)6)47-35(52)28(13-20(2)3)49-19-24(11-12-48(8)9)26(17-29(49)50)37(41,42)43/h14-17,19-20,28H,10-13,18H2,1-9H3,(H,47,52)/t28?,36-/m1/s1. The van der Waals surface area contributed by atoms with E-state index in [1.54, 1.807) is 51.9 Å². The van der Waals surface area contributed by atoms with Gasteiger partial charge in [-0.1, -0.05) is 31.5 Å². The highest BCUT2D eigenvalue weighted by Gasteiger charge is 2.45. The molecule has 0 aliphatic heterocycles. The van der Waals surface area contributed by atoms with Crippen molar-refractivity contribution in [1.82, 2.24) is 14.8 Å². The van der Waals surface area contributed by atoms with Crippen molar-refractivity contribution in [1.29, 1.82) is 0 Å². The quantitative estimate of drug-likeness (QED) is 0.140. The normalized spacial score (nSPS) is 14.0. The number of hydrogen-bond acceptors (Lipinski definition) is 5. The Hall–Kier alpha value is -4.27. The summed E-state index contributed by atoms with van der Waals surface area (Å²) in [6.07, 6.45) is -10.8. The number of hydrogen-bond donors (Lipinski definition) is 1. The van der Waals surface area contributed by atoms with E-state index in [9.17, 15) is 40.7 Å². The summed E-state index contributed by atoms with van der Waals surface area (Å²) in [5.41, 5.74) is -7.64. The first-order chi connectivity index (χ1) is 24.3. The topological polar surface area (TPSA) is 80.6 Å². The Balaban J connectivity index is 2.39. The van der Waals surface area contributed by atoms with Crippen LogP contribution in [0, 0.1) is 38.3 Å². The molecule has 1 amide bonds. The summed E-state index contributed by atoms with van der Waals surface area (Å²) in [6.45, 7) is 10.4. The van der Waals surface area contributed by atoms with Crippen LogP contribution in [-0.2, 0) is 38.6 Å². The van der Waals surface area contributed by atoms with Crippen LogP contribution in [-0.4, -0.2) is 48.6 Å². The molecule has 292 valence electrons. The molecule has 0 spiro atoms. The Morgan fingerprint density at radius 3 is 1.96 bits per heavy atom. The van der Waals surface area contributed by atoms with Crippen LogP contribution in [0.3, 0.4) is 0 Å².